The van der Waals surface area contributed by atoms with Crippen LogP contribution in [0.25, 0.3) is 0 Å². The van der Waals surface area contributed by atoms with Crippen molar-refractivity contribution in [3.63, 3.8) is 0 Å². The molecule has 0 aliphatic heterocycles. The number of anilines is 1. The first kappa shape index (κ1) is 15.9. The Bertz CT molecular complexity index is 569. The van der Waals surface area contributed by atoms with Gasteiger partial charge in [0.05, 0.1) is 18.8 Å². The van der Waals surface area contributed by atoms with Crippen LogP contribution in [0.2, 0.25) is 0 Å². The number of ether oxygens (including phenoxy) is 3. The van der Waals surface area contributed by atoms with Gasteiger partial charge in [-0.1, -0.05) is 18.2 Å². The smallest absolute Gasteiger partial charge is 0.338 e. The second kappa shape index (κ2) is 8.69. The van der Waals surface area contributed by atoms with E-state index in [1.807, 2.05) is 6.07 Å². The van der Waals surface area contributed by atoms with Crippen LogP contribution in [0.15, 0.2) is 54.6 Å². The minimum atomic E-state index is -0.345. The van der Waals surface area contributed by atoms with Crippen molar-refractivity contribution in [3.05, 3.63) is 60.2 Å². The van der Waals surface area contributed by atoms with Crippen LogP contribution in [0.3, 0.4) is 0 Å². The lowest BCUT2D eigenvalue weighted by Crippen LogP contribution is -2.13. The van der Waals surface area contributed by atoms with Crippen LogP contribution in [0.5, 0.6) is 5.75 Å². The van der Waals surface area contributed by atoms with Gasteiger partial charge in [0, 0.05) is 5.69 Å². The summed E-state index contributed by atoms with van der Waals surface area (Å²) in [5, 5.41) is 0. The summed E-state index contributed by atoms with van der Waals surface area (Å²) in [6.07, 6.45) is 0. The van der Waals surface area contributed by atoms with E-state index in [9.17, 15) is 4.79 Å². The van der Waals surface area contributed by atoms with Crippen LogP contribution in [-0.4, -0.2) is 32.4 Å². The summed E-state index contributed by atoms with van der Waals surface area (Å²) in [5.41, 5.74) is 6.82. The molecule has 2 aromatic carbocycles. The number of nitrogen functional groups attached to an aromatic ring is 1. The summed E-state index contributed by atoms with van der Waals surface area (Å²) in [6, 6.07) is 16.0. The Hall–Kier alpha value is -2.53. The van der Waals surface area contributed by atoms with Gasteiger partial charge in [-0.2, -0.15) is 0 Å². The van der Waals surface area contributed by atoms with Gasteiger partial charge in [0.1, 0.15) is 19.0 Å². The monoisotopic (exact) mass is 301 g/mol. The summed E-state index contributed by atoms with van der Waals surface area (Å²) >= 11 is 0. The Morgan fingerprint density at radius 3 is 2.27 bits per heavy atom. The molecule has 0 spiro atoms. The van der Waals surface area contributed by atoms with E-state index in [-0.39, 0.29) is 12.6 Å². The first-order chi connectivity index (χ1) is 10.8. The van der Waals surface area contributed by atoms with E-state index in [1.165, 1.54) is 0 Å². The highest BCUT2D eigenvalue weighted by Crippen LogP contribution is 2.12. The van der Waals surface area contributed by atoms with Crippen LogP contribution in [0, 0.1) is 0 Å². The number of carbonyl (C=O) groups excluding carboxylic acids is 1. The Balaban J connectivity index is 1.52. The highest BCUT2D eigenvalue weighted by atomic mass is 16.6. The van der Waals surface area contributed by atoms with Crippen LogP contribution >= 0.6 is 0 Å². The molecule has 0 radical (unpaired) electrons. The maximum Gasteiger partial charge on any atom is 0.338 e. The molecule has 5 nitrogen and oxygen atoms in total. The number of benzene rings is 2. The molecular formula is C17H19NO4. The lowest BCUT2D eigenvalue weighted by molar-refractivity contribution is 0.0273. The predicted molar refractivity (Wildman–Crippen MR) is 83.9 cm³/mol. The Morgan fingerprint density at radius 1 is 0.864 bits per heavy atom. The van der Waals surface area contributed by atoms with Crippen LogP contribution in [-0.2, 0) is 9.47 Å². The van der Waals surface area contributed by atoms with Crippen molar-refractivity contribution >= 4 is 11.7 Å². The molecule has 0 fully saturated rings. The number of esters is 1. The van der Waals surface area contributed by atoms with E-state index in [2.05, 4.69) is 0 Å². The first-order valence-corrected chi connectivity index (χ1v) is 7.04. The van der Waals surface area contributed by atoms with Crippen LogP contribution in [0.1, 0.15) is 10.4 Å². The van der Waals surface area contributed by atoms with E-state index in [0.717, 1.165) is 5.75 Å². The summed E-state index contributed by atoms with van der Waals surface area (Å²) in [7, 11) is 0. The van der Waals surface area contributed by atoms with Gasteiger partial charge in [-0.3, -0.25) is 0 Å². The fourth-order valence-electron chi connectivity index (χ4n) is 1.74. The van der Waals surface area contributed by atoms with E-state index in [0.29, 0.717) is 31.1 Å². The zero-order valence-electron chi connectivity index (χ0n) is 12.2. The molecule has 0 bridgehead atoms. The number of nitrogens with two attached hydrogens (primary N) is 1. The standard InChI is InChI=1S/C17H19NO4/c18-15-6-8-16(9-7-15)21-12-10-20-11-13-22-17(19)14-4-2-1-3-5-14/h1-9H,10-13,18H2. The van der Waals surface area contributed by atoms with Crippen molar-refractivity contribution in [1.82, 2.24) is 0 Å². The minimum absolute atomic E-state index is 0.218. The molecule has 2 rings (SSSR count). The van der Waals surface area contributed by atoms with Gasteiger partial charge in [0.15, 0.2) is 0 Å². The zero-order chi connectivity index (χ0) is 15.6. The minimum Gasteiger partial charge on any atom is -0.491 e. The normalized spacial score (nSPS) is 10.2. The molecule has 0 saturated carbocycles. The Morgan fingerprint density at radius 2 is 1.55 bits per heavy atom. The number of hydrogen-bond donors (Lipinski definition) is 1. The molecule has 0 saturated heterocycles. The van der Waals surface area contributed by atoms with Gasteiger partial charge in [-0.15, -0.1) is 0 Å². The highest BCUT2D eigenvalue weighted by Gasteiger charge is 2.04. The highest BCUT2D eigenvalue weighted by molar-refractivity contribution is 5.89. The Kier molecular flexibility index (Phi) is 6.26. The molecule has 0 heterocycles. The van der Waals surface area contributed by atoms with Crippen molar-refractivity contribution in [2.75, 3.05) is 32.2 Å². The van der Waals surface area contributed by atoms with Crippen LogP contribution in [0.4, 0.5) is 5.69 Å². The maximum absolute atomic E-state index is 11.6. The van der Waals surface area contributed by atoms with Gasteiger partial charge in [-0.05, 0) is 36.4 Å². The second-order valence-corrected chi connectivity index (χ2v) is 4.53. The van der Waals surface area contributed by atoms with Crippen molar-refractivity contribution in [3.8, 4) is 5.75 Å². The molecule has 0 aliphatic carbocycles. The molecule has 0 aromatic heterocycles. The molecule has 2 aromatic rings. The maximum atomic E-state index is 11.6. The van der Waals surface area contributed by atoms with E-state index in [1.54, 1.807) is 48.5 Å². The van der Waals surface area contributed by atoms with E-state index in [4.69, 9.17) is 19.9 Å². The molecular weight excluding hydrogens is 282 g/mol. The van der Waals surface area contributed by atoms with Gasteiger partial charge in [0.25, 0.3) is 0 Å². The summed E-state index contributed by atoms with van der Waals surface area (Å²) in [5.74, 6) is 0.399. The number of hydrogen-bond acceptors (Lipinski definition) is 5. The average molecular weight is 301 g/mol. The quantitative estimate of drug-likeness (QED) is 0.461. The largest absolute Gasteiger partial charge is 0.491 e. The molecule has 5 heteroatoms. The van der Waals surface area contributed by atoms with Crippen molar-refractivity contribution < 1.29 is 19.0 Å². The number of carbonyl (C=O) groups is 1. The van der Waals surface area contributed by atoms with E-state index >= 15 is 0 Å². The molecule has 0 atom stereocenters. The summed E-state index contributed by atoms with van der Waals surface area (Å²) in [6.45, 7) is 1.41. The van der Waals surface area contributed by atoms with Crippen molar-refractivity contribution in [2.45, 2.75) is 0 Å². The molecule has 0 amide bonds. The van der Waals surface area contributed by atoms with Gasteiger partial charge in [-0.25, -0.2) is 4.79 Å². The second-order valence-electron chi connectivity index (χ2n) is 4.53. The lowest BCUT2D eigenvalue weighted by Gasteiger charge is -2.08. The predicted octanol–water partition coefficient (Wildman–Crippen LogP) is 2.52. The van der Waals surface area contributed by atoms with Gasteiger partial charge in [0.2, 0.25) is 0 Å². The molecule has 0 unspecified atom stereocenters. The third-order valence-electron chi connectivity index (χ3n) is 2.85. The fourth-order valence-corrected chi connectivity index (χ4v) is 1.74. The van der Waals surface area contributed by atoms with Gasteiger partial charge < -0.3 is 19.9 Å². The number of rotatable bonds is 8. The van der Waals surface area contributed by atoms with Gasteiger partial charge >= 0.3 is 5.97 Å². The summed E-state index contributed by atoms with van der Waals surface area (Å²) in [4.78, 5) is 11.6. The topological polar surface area (TPSA) is 70.8 Å². The SMILES string of the molecule is Nc1ccc(OCCOCCOC(=O)c2ccccc2)cc1. The molecule has 22 heavy (non-hydrogen) atoms. The lowest BCUT2D eigenvalue weighted by atomic mass is 10.2. The summed E-state index contributed by atoms with van der Waals surface area (Å²) < 4.78 is 15.9. The Labute approximate surface area is 129 Å². The van der Waals surface area contributed by atoms with Crippen LogP contribution < -0.4 is 10.5 Å². The molecule has 0 aliphatic rings. The zero-order valence-corrected chi connectivity index (χ0v) is 12.2. The van der Waals surface area contributed by atoms with Crippen molar-refractivity contribution in [1.29, 1.82) is 0 Å². The third kappa shape index (κ3) is 5.46. The molecule has 116 valence electrons. The molecule has 2 N–H and O–H groups in total. The third-order valence-corrected chi connectivity index (χ3v) is 2.85. The van der Waals surface area contributed by atoms with E-state index < -0.39 is 0 Å². The average Bonchev–Trinajstić information content (AvgIpc) is 2.56. The van der Waals surface area contributed by atoms with Crippen molar-refractivity contribution in [2.24, 2.45) is 0 Å². The fraction of sp³-hybridized carbons (Fsp3) is 0.235. The first-order valence-electron chi connectivity index (χ1n) is 7.04.